The highest BCUT2D eigenvalue weighted by molar-refractivity contribution is 9.10. The fourth-order valence-corrected chi connectivity index (χ4v) is 1.49. The normalized spacial score (nSPS) is 10.2. The van der Waals surface area contributed by atoms with Gasteiger partial charge in [-0.1, -0.05) is 0 Å². The van der Waals surface area contributed by atoms with Crippen LogP contribution in [0.4, 0.5) is 5.69 Å². The van der Waals surface area contributed by atoms with Crippen LogP contribution in [0.25, 0.3) is 0 Å². The maximum absolute atomic E-state index is 5.18. The molecule has 0 aliphatic rings. The molecule has 0 bridgehead atoms. The minimum absolute atomic E-state index is 0.436. The standard InChI is InChI=1S/C10H14BrNO/c1-7(2)12-8-4-5-9(11)10(6-8)13-3/h4-7,12H,1-3H3. The molecule has 0 fully saturated rings. The van der Waals surface area contributed by atoms with Gasteiger partial charge in [0.25, 0.3) is 0 Å². The molecule has 0 heterocycles. The molecule has 0 saturated carbocycles. The van der Waals surface area contributed by atoms with Gasteiger partial charge >= 0.3 is 0 Å². The summed E-state index contributed by atoms with van der Waals surface area (Å²) in [7, 11) is 1.67. The van der Waals surface area contributed by atoms with Crippen LogP contribution in [-0.2, 0) is 0 Å². The highest BCUT2D eigenvalue weighted by Crippen LogP contribution is 2.27. The Hall–Kier alpha value is -0.700. The van der Waals surface area contributed by atoms with Crippen molar-refractivity contribution >= 4 is 21.6 Å². The van der Waals surface area contributed by atoms with Crippen molar-refractivity contribution < 1.29 is 4.74 Å². The van der Waals surface area contributed by atoms with E-state index in [4.69, 9.17) is 4.74 Å². The Labute approximate surface area is 87.4 Å². The number of benzene rings is 1. The van der Waals surface area contributed by atoms with Crippen molar-refractivity contribution in [1.82, 2.24) is 0 Å². The highest BCUT2D eigenvalue weighted by Gasteiger charge is 2.01. The first-order chi connectivity index (χ1) is 6.13. The predicted octanol–water partition coefficient (Wildman–Crippen LogP) is 3.28. The molecule has 72 valence electrons. The molecule has 0 spiro atoms. The van der Waals surface area contributed by atoms with Gasteiger partial charge in [0, 0.05) is 17.8 Å². The Morgan fingerprint density at radius 1 is 1.38 bits per heavy atom. The van der Waals surface area contributed by atoms with Crippen LogP contribution in [0.5, 0.6) is 5.75 Å². The number of hydrogen-bond acceptors (Lipinski definition) is 2. The average Bonchev–Trinajstić information content (AvgIpc) is 2.07. The molecule has 1 aromatic rings. The van der Waals surface area contributed by atoms with Gasteiger partial charge in [-0.3, -0.25) is 0 Å². The van der Waals surface area contributed by atoms with Gasteiger partial charge < -0.3 is 10.1 Å². The lowest BCUT2D eigenvalue weighted by atomic mass is 10.2. The summed E-state index contributed by atoms with van der Waals surface area (Å²) in [6, 6.07) is 6.41. The third-order valence-electron chi connectivity index (χ3n) is 1.61. The summed E-state index contributed by atoms with van der Waals surface area (Å²) < 4.78 is 6.16. The number of nitrogens with one attached hydrogen (secondary N) is 1. The van der Waals surface area contributed by atoms with Crippen LogP contribution in [0.15, 0.2) is 22.7 Å². The number of anilines is 1. The molecule has 1 aromatic carbocycles. The molecule has 0 radical (unpaired) electrons. The summed E-state index contributed by atoms with van der Waals surface area (Å²) >= 11 is 3.40. The van der Waals surface area contributed by atoms with E-state index in [1.54, 1.807) is 7.11 Å². The van der Waals surface area contributed by atoms with Gasteiger partial charge in [0.05, 0.1) is 11.6 Å². The molecule has 0 saturated heterocycles. The zero-order chi connectivity index (χ0) is 9.84. The molecule has 1 rings (SSSR count). The number of methoxy groups -OCH3 is 1. The third-order valence-corrected chi connectivity index (χ3v) is 2.26. The molecule has 0 aliphatic carbocycles. The first-order valence-electron chi connectivity index (χ1n) is 4.23. The Kier molecular flexibility index (Phi) is 3.60. The van der Waals surface area contributed by atoms with Crippen molar-refractivity contribution in [2.45, 2.75) is 19.9 Å². The van der Waals surface area contributed by atoms with Gasteiger partial charge in [0.15, 0.2) is 0 Å². The van der Waals surface area contributed by atoms with E-state index in [1.807, 2.05) is 18.2 Å². The molecular weight excluding hydrogens is 230 g/mol. The Morgan fingerprint density at radius 2 is 2.08 bits per heavy atom. The molecule has 0 aliphatic heterocycles. The minimum Gasteiger partial charge on any atom is -0.495 e. The summed E-state index contributed by atoms with van der Waals surface area (Å²) in [5.41, 5.74) is 1.08. The van der Waals surface area contributed by atoms with E-state index in [1.165, 1.54) is 0 Å². The predicted molar refractivity (Wildman–Crippen MR) is 59.5 cm³/mol. The van der Waals surface area contributed by atoms with Crippen molar-refractivity contribution in [3.05, 3.63) is 22.7 Å². The van der Waals surface area contributed by atoms with Crippen LogP contribution in [-0.4, -0.2) is 13.2 Å². The van der Waals surface area contributed by atoms with Crippen LogP contribution in [0, 0.1) is 0 Å². The summed E-state index contributed by atoms with van der Waals surface area (Å²) in [5.74, 6) is 0.852. The quantitative estimate of drug-likeness (QED) is 0.880. The van der Waals surface area contributed by atoms with Gasteiger partial charge in [-0.25, -0.2) is 0 Å². The van der Waals surface area contributed by atoms with E-state index in [-0.39, 0.29) is 0 Å². The fourth-order valence-electron chi connectivity index (χ4n) is 1.08. The Bertz CT molecular complexity index is 286. The van der Waals surface area contributed by atoms with Crippen molar-refractivity contribution in [3.63, 3.8) is 0 Å². The second-order valence-corrected chi connectivity index (χ2v) is 4.00. The van der Waals surface area contributed by atoms with Crippen LogP contribution in [0.3, 0.4) is 0 Å². The number of hydrogen-bond donors (Lipinski definition) is 1. The maximum Gasteiger partial charge on any atom is 0.135 e. The van der Waals surface area contributed by atoms with Gasteiger partial charge in [-0.2, -0.15) is 0 Å². The second kappa shape index (κ2) is 4.51. The van der Waals surface area contributed by atoms with Crippen LogP contribution >= 0.6 is 15.9 Å². The maximum atomic E-state index is 5.18. The third kappa shape index (κ3) is 2.92. The largest absolute Gasteiger partial charge is 0.495 e. The first kappa shape index (κ1) is 10.4. The molecule has 2 nitrogen and oxygen atoms in total. The Morgan fingerprint density at radius 3 is 2.62 bits per heavy atom. The smallest absolute Gasteiger partial charge is 0.135 e. The van der Waals surface area contributed by atoms with Crippen molar-refractivity contribution in [1.29, 1.82) is 0 Å². The van der Waals surface area contributed by atoms with E-state index in [0.29, 0.717) is 6.04 Å². The SMILES string of the molecule is COc1cc(NC(C)C)ccc1Br. The summed E-state index contributed by atoms with van der Waals surface area (Å²) in [4.78, 5) is 0. The van der Waals surface area contributed by atoms with E-state index in [0.717, 1.165) is 15.9 Å². The van der Waals surface area contributed by atoms with Crippen molar-refractivity contribution in [3.8, 4) is 5.75 Å². The van der Waals surface area contributed by atoms with Crippen LogP contribution in [0.1, 0.15) is 13.8 Å². The van der Waals surface area contributed by atoms with E-state index >= 15 is 0 Å². The number of rotatable bonds is 3. The molecule has 1 N–H and O–H groups in total. The van der Waals surface area contributed by atoms with E-state index in [9.17, 15) is 0 Å². The van der Waals surface area contributed by atoms with Gasteiger partial charge in [0.2, 0.25) is 0 Å². The molecule has 13 heavy (non-hydrogen) atoms. The van der Waals surface area contributed by atoms with E-state index < -0.39 is 0 Å². The fraction of sp³-hybridized carbons (Fsp3) is 0.400. The molecule has 0 unspecified atom stereocenters. The Balaban J connectivity index is 2.86. The van der Waals surface area contributed by atoms with Gasteiger partial charge in [0.1, 0.15) is 5.75 Å². The molecule has 3 heteroatoms. The summed E-state index contributed by atoms with van der Waals surface area (Å²) in [5, 5.41) is 3.31. The molecule has 0 aromatic heterocycles. The van der Waals surface area contributed by atoms with E-state index in [2.05, 4.69) is 35.1 Å². The zero-order valence-corrected chi connectivity index (χ0v) is 9.68. The second-order valence-electron chi connectivity index (χ2n) is 3.15. The molecular formula is C10H14BrNO. The zero-order valence-electron chi connectivity index (χ0n) is 8.10. The lowest BCUT2D eigenvalue weighted by molar-refractivity contribution is 0.412. The van der Waals surface area contributed by atoms with Crippen LogP contribution in [0.2, 0.25) is 0 Å². The average molecular weight is 244 g/mol. The van der Waals surface area contributed by atoms with Gasteiger partial charge in [-0.15, -0.1) is 0 Å². The van der Waals surface area contributed by atoms with Crippen molar-refractivity contribution in [2.24, 2.45) is 0 Å². The molecule has 0 amide bonds. The summed E-state index contributed by atoms with van der Waals surface area (Å²) in [6.07, 6.45) is 0. The monoisotopic (exact) mass is 243 g/mol. The van der Waals surface area contributed by atoms with Crippen LogP contribution < -0.4 is 10.1 Å². The van der Waals surface area contributed by atoms with Gasteiger partial charge in [-0.05, 0) is 41.9 Å². The summed E-state index contributed by atoms with van der Waals surface area (Å²) in [6.45, 7) is 4.21. The topological polar surface area (TPSA) is 21.3 Å². The van der Waals surface area contributed by atoms with Crippen molar-refractivity contribution in [2.75, 3.05) is 12.4 Å². The number of halogens is 1. The first-order valence-corrected chi connectivity index (χ1v) is 5.03. The number of ether oxygens (including phenoxy) is 1. The highest BCUT2D eigenvalue weighted by atomic mass is 79.9. The lowest BCUT2D eigenvalue weighted by Crippen LogP contribution is -2.09. The lowest BCUT2D eigenvalue weighted by Gasteiger charge is -2.11. The minimum atomic E-state index is 0.436. The molecule has 0 atom stereocenters.